The Bertz CT molecular complexity index is 609. The number of piperazine rings is 1. The third-order valence-electron chi connectivity index (χ3n) is 4.48. The van der Waals surface area contributed by atoms with E-state index in [9.17, 15) is 9.59 Å². The molecule has 0 aromatic heterocycles. The van der Waals surface area contributed by atoms with Gasteiger partial charge in [-0.05, 0) is 30.7 Å². The van der Waals surface area contributed by atoms with Crippen molar-refractivity contribution in [1.82, 2.24) is 9.80 Å². The van der Waals surface area contributed by atoms with Crippen LogP contribution in [-0.4, -0.2) is 60.4 Å². The van der Waals surface area contributed by atoms with Gasteiger partial charge in [0.05, 0.1) is 6.61 Å². The Labute approximate surface area is 136 Å². The van der Waals surface area contributed by atoms with Crippen molar-refractivity contribution in [2.45, 2.75) is 26.3 Å². The summed E-state index contributed by atoms with van der Waals surface area (Å²) in [6.45, 7) is 6.61. The van der Waals surface area contributed by atoms with Crippen LogP contribution in [-0.2, 0) is 16.0 Å². The van der Waals surface area contributed by atoms with Gasteiger partial charge in [0.2, 0.25) is 11.8 Å². The van der Waals surface area contributed by atoms with E-state index in [1.807, 2.05) is 24.0 Å². The van der Waals surface area contributed by atoms with Gasteiger partial charge in [0.1, 0.15) is 11.8 Å². The molecule has 2 aliphatic heterocycles. The van der Waals surface area contributed by atoms with Crippen LogP contribution < -0.4 is 10.1 Å². The fourth-order valence-corrected chi connectivity index (χ4v) is 3.10. The van der Waals surface area contributed by atoms with Crippen molar-refractivity contribution in [2.24, 2.45) is 0 Å². The van der Waals surface area contributed by atoms with Crippen LogP contribution in [0.15, 0.2) is 18.2 Å². The summed E-state index contributed by atoms with van der Waals surface area (Å²) in [6.07, 6.45) is 0.917. The first-order valence-corrected chi connectivity index (χ1v) is 8.11. The highest BCUT2D eigenvalue weighted by Crippen LogP contribution is 2.28. The third-order valence-corrected chi connectivity index (χ3v) is 4.48. The number of fused-ring (bicyclic) bond motifs is 1. The van der Waals surface area contributed by atoms with E-state index in [0.717, 1.165) is 24.5 Å². The second-order valence-corrected chi connectivity index (χ2v) is 6.12. The van der Waals surface area contributed by atoms with E-state index in [1.165, 1.54) is 5.56 Å². The molecule has 1 fully saturated rings. The molecule has 2 heterocycles. The quantitative estimate of drug-likeness (QED) is 0.907. The first-order valence-electron chi connectivity index (χ1n) is 8.11. The highest BCUT2D eigenvalue weighted by Gasteiger charge is 2.26. The minimum absolute atomic E-state index is 0.0728. The summed E-state index contributed by atoms with van der Waals surface area (Å²) in [5.41, 5.74) is 2.13. The van der Waals surface area contributed by atoms with Crippen molar-refractivity contribution in [2.75, 3.05) is 38.1 Å². The molecule has 0 aliphatic carbocycles. The summed E-state index contributed by atoms with van der Waals surface area (Å²) in [5.74, 6) is 1.09. The van der Waals surface area contributed by atoms with Gasteiger partial charge < -0.3 is 19.9 Å². The third kappa shape index (κ3) is 3.41. The van der Waals surface area contributed by atoms with Gasteiger partial charge in [-0.2, -0.15) is 0 Å². The topological polar surface area (TPSA) is 61.9 Å². The van der Waals surface area contributed by atoms with Gasteiger partial charge >= 0.3 is 0 Å². The Balaban J connectivity index is 1.57. The number of hydrogen-bond donors (Lipinski definition) is 1. The maximum atomic E-state index is 12.5. The number of amides is 2. The number of carbonyl (C=O) groups is 2. The van der Waals surface area contributed by atoms with Crippen molar-refractivity contribution in [1.29, 1.82) is 0 Å². The number of carbonyl (C=O) groups excluding carboxylic acids is 2. The Morgan fingerprint density at radius 1 is 1.17 bits per heavy atom. The van der Waals surface area contributed by atoms with Gasteiger partial charge in [0.25, 0.3) is 0 Å². The standard InChI is InChI=1S/C17H23N3O3/c1-12(17(22)20-8-6-19(7-9-20)13(2)21)18-15-3-4-16-14(11-15)5-10-23-16/h3-4,11-12,18H,5-10H2,1-2H3/t12-/m0/s1. The molecule has 0 radical (unpaired) electrons. The van der Waals surface area contributed by atoms with E-state index in [-0.39, 0.29) is 17.9 Å². The highest BCUT2D eigenvalue weighted by atomic mass is 16.5. The van der Waals surface area contributed by atoms with Gasteiger partial charge in [-0.3, -0.25) is 9.59 Å². The largest absolute Gasteiger partial charge is 0.493 e. The average Bonchev–Trinajstić information content (AvgIpc) is 3.01. The molecule has 1 aromatic rings. The number of nitrogens with zero attached hydrogens (tertiary/aromatic N) is 2. The van der Waals surface area contributed by atoms with Crippen molar-refractivity contribution < 1.29 is 14.3 Å². The lowest BCUT2D eigenvalue weighted by atomic mass is 10.1. The van der Waals surface area contributed by atoms with Crippen LogP contribution in [0.4, 0.5) is 5.69 Å². The zero-order valence-corrected chi connectivity index (χ0v) is 13.7. The van der Waals surface area contributed by atoms with Crippen LogP contribution >= 0.6 is 0 Å². The van der Waals surface area contributed by atoms with Crippen LogP contribution in [0.3, 0.4) is 0 Å². The lowest BCUT2D eigenvalue weighted by molar-refractivity contribution is -0.138. The molecule has 1 aromatic carbocycles. The predicted octanol–water partition coefficient (Wildman–Crippen LogP) is 1.11. The van der Waals surface area contributed by atoms with E-state index < -0.39 is 0 Å². The van der Waals surface area contributed by atoms with E-state index >= 15 is 0 Å². The van der Waals surface area contributed by atoms with Crippen molar-refractivity contribution in [3.8, 4) is 5.75 Å². The van der Waals surface area contributed by atoms with E-state index in [4.69, 9.17) is 4.74 Å². The fourth-order valence-electron chi connectivity index (χ4n) is 3.10. The molecule has 2 amide bonds. The Hall–Kier alpha value is -2.24. The first kappa shape index (κ1) is 15.6. The van der Waals surface area contributed by atoms with E-state index in [1.54, 1.807) is 11.8 Å². The molecular weight excluding hydrogens is 294 g/mol. The molecule has 0 spiro atoms. The summed E-state index contributed by atoms with van der Waals surface area (Å²) in [4.78, 5) is 27.5. The number of rotatable bonds is 3. The summed E-state index contributed by atoms with van der Waals surface area (Å²) in [6, 6.07) is 5.66. The first-order chi connectivity index (χ1) is 11.0. The highest BCUT2D eigenvalue weighted by molar-refractivity contribution is 5.84. The monoisotopic (exact) mass is 317 g/mol. The van der Waals surface area contributed by atoms with Crippen LogP contribution in [0, 0.1) is 0 Å². The molecule has 23 heavy (non-hydrogen) atoms. The molecule has 0 unspecified atom stereocenters. The van der Waals surface area contributed by atoms with Gasteiger partial charge in [-0.15, -0.1) is 0 Å². The van der Waals surface area contributed by atoms with Gasteiger partial charge in [0.15, 0.2) is 0 Å². The molecule has 6 nitrogen and oxygen atoms in total. The Kier molecular flexibility index (Phi) is 4.41. The van der Waals surface area contributed by atoms with Crippen LogP contribution in [0.2, 0.25) is 0 Å². The number of anilines is 1. The average molecular weight is 317 g/mol. The normalized spacial score (nSPS) is 18.2. The summed E-state index contributed by atoms with van der Waals surface area (Å²) in [5, 5.41) is 3.28. The van der Waals surface area contributed by atoms with E-state index in [0.29, 0.717) is 26.2 Å². The molecule has 2 aliphatic rings. The molecule has 0 bridgehead atoms. The molecule has 3 rings (SSSR count). The van der Waals surface area contributed by atoms with Crippen LogP contribution in [0.1, 0.15) is 19.4 Å². The number of benzene rings is 1. The lowest BCUT2D eigenvalue weighted by Crippen LogP contribution is -2.53. The molecule has 6 heteroatoms. The molecule has 124 valence electrons. The van der Waals surface area contributed by atoms with Crippen molar-refractivity contribution in [3.63, 3.8) is 0 Å². The zero-order valence-electron chi connectivity index (χ0n) is 13.7. The molecule has 1 saturated heterocycles. The Morgan fingerprint density at radius 3 is 2.57 bits per heavy atom. The maximum Gasteiger partial charge on any atom is 0.244 e. The Morgan fingerprint density at radius 2 is 1.87 bits per heavy atom. The molecular formula is C17H23N3O3. The molecule has 0 saturated carbocycles. The fraction of sp³-hybridized carbons (Fsp3) is 0.529. The van der Waals surface area contributed by atoms with Gasteiger partial charge in [-0.1, -0.05) is 0 Å². The zero-order chi connectivity index (χ0) is 16.4. The predicted molar refractivity (Wildman–Crippen MR) is 87.6 cm³/mol. The SMILES string of the molecule is CC(=O)N1CCN(C(=O)[C@H](C)Nc2ccc3c(c2)CCO3)CC1. The minimum atomic E-state index is -0.292. The van der Waals surface area contributed by atoms with Crippen molar-refractivity contribution in [3.05, 3.63) is 23.8 Å². The summed E-state index contributed by atoms with van der Waals surface area (Å²) in [7, 11) is 0. The summed E-state index contributed by atoms with van der Waals surface area (Å²) < 4.78 is 5.50. The second-order valence-electron chi connectivity index (χ2n) is 6.12. The van der Waals surface area contributed by atoms with Gasteiger partial charge in [0, 0.05) is 45.2 Å². The van der Waals surface area contributed by atoms with Crippen LogP contribution in [0.5, 0.6) is 5.75 Å². The maximum absolute atomic E-state index is 12.5. The summed E-state index contributed by atoms with van der Waals surface area (Å²) >= 11 is 0. The second kappa shape index (κ2) is 6.48. The molecule has 1 atom stereocenters. The van der Waals surface area contributed by atoms with Gasteiger partial charge in [-0.25, -0.2) is 0 Å². The number of nitrogens with one attached hydrogen (secondary N) is 1. The lowest BCUT2D eigenvalue weighted by Gasteiger charge is -2.35. The van der Waals surface area contributed by atoms with Crippen molar-refractivity contribution >= 4 is 17.5 Å². The number of hydrogen-bond acceptors (Lipinski definition) is 4. The number of ether oxygens (including phenoxy) is 1. The molecule has 1 N–H and O–H groups in total. The van der Waals surface area contributed by atoms with Crippen LogP contribution in [0.25, 0.3) is 0 Å². The minimum Gasteiger partial charge on any atom is -0.493 e. The van der Waals surface area contributed by atoms with E-state index in [2.05, 4.69) is 11.4 Å². The smallest absolute Gasteiger partial charge is 0.244 e.